The molecule has 0 spiro atoms. The van der Waals surface area contributed by atoms with Gasteiger partial charge in [-0.1, -0.05) is 19.3 Å². The summed E-state index contributed by atoms with van der Waals surface area (Å²) in [5.74, 6) is 0.570. The number of rotatable bonds is 3. The third-order valence-electron chi connectivity index (χ3n) is 2.85. The quantitative estimate of drug-likeness (QED) is 0.624. The van der Waals surface area contributed by atoms with E-state index in [9.17, 15) is 0 Å². The molecule has 0 radical (unpaired) electrons. The second kappa shape index (κ2) is 5.84. The Morgan fingerprint density at radius 3 is 3.00 bits per heavy atom. The lowest BCUT2D eigenvalue weighted by Crippen LogP contribution is -2.41. The van der Waals surface area contributed by atoms with Crippen molar-refractivity contribution in [2.45, 2.75) is 44.7 Å². The van der Waals surface area contributed by atoms with Crippen molar-refractivity contribution in [2.75, 3.05) is 0 Å². The van der Waals surface area contributed by atoms with Crippen LogP contribution in [0.15, 0.2) is 16.7 Å². The number of aromatic nitrogens is 1. The average Bonchev–Trinajstić information content (AvgIpc) is 2.81. The van der Waals surface area contributed by atoms with E-state index in [-0.39, 0.29) is 0 Å². The van der Waals surface area contributed by atoms with E-state index in [0.29, 0.717) is 18.5 Å². The molecule has 1 fully saturated rings. The highest BCUT2D eigenvalue weighted by atomic mass is 32.1. The zero-order chi connectivity index (χ0) is 11.2. The fraction of sp³-hybridized carbons (Fsp3) is 0.636. The molecule has 88 valence electrons. The number of hydrogen-bond acceptors (Lipinski definition) is 3. The van der Waals surface area contributed by atoms with Crippen LogP contribution >= 0.6 is 11.3 Å². The summed E-state index contributed by atoms with van der Waals surface area (Å²) in [4.78, 5) is 9.46. The van der Waals surface area contributed by atoms with Gasteiger partial charge in [-0.25, -0.2) is 4.99 Å². The Hall–Kier alpha value is -1.10. The molecule has 16 heavy (non-hydrogen) atoms. The van der Waals surface area contributed by atoms with Gasteiger partial charge in [0.2, 0.25) is 0 Å². The number of nitrogens with zero attached hydrogens (tertiary/aromatic N) is 2. The summed E-state index contributed by atoms with van der Waals surface area (Å²) in [6.45, 7) is 0.635. The molecule has 1 aliphatic rings. The van der Waals surface area contributed by atoms with Gasteiger partial charge in [-0.15, -0.1) is 11.3 Å². The molecule has 1 aromatic rings. The standard InChI is InChI=1S/C11H18N4S/c12-11(14-7-10-6-13-8-16-10)15-9-4-2-1-3-5-9/h6,8-9H,1-5,7H2,(H3,12,14,15). The van der Waals surface area contributed by atoms with Crippen LogP contribution in [0.1, 0.15) is 37.0 Å². The number of aliphatic imine (C=N–C) groups is 1. The molecule has 1 aliphatic carbocycles. The minimum absolute atomic E-state index is 0.527. The topological polar surface area (TPSA) is 63.3 Å². The van der Waals surface area contributed by atoms with Crippen LogP contribution in [0.2, 0.25) is 0 Å². The molecule has 0 atom stereocenters. The molecule has 2 rings (SSSR count). The van der Waals surface area contributed by atoms with Gasteiger partial charge in [-0.2, -0.15) is 0 Å². The van der Waals surface area contributed by atoms with Crippen LogP contribution < -0.4 is 11.1 Å². The summed E-state index contributed by atoms with van der Waals surface area (Å²) in [7, 11) is 0. The molecule has 1 saturated carbocycles. The first-order valence-electron chi connectivity index (χ1n) is 5.78. The Kier molecular flexibility index (Phi) is 4.16. The third kappa shape index (κ3) is 3.48. The fourth-order valence-electron chi connectivity index (χ4n) is 1.99. The summed E-state index contributed by atoms with van der Waals surface area (Å²) < 4.78 is 0. The van der Waals surface area contributed by atoms with Crippen LogP contribution in [0, 0.1) is 0 Å². The fourth-order valence-corrected chi connectivity index (χ4v) is 2.50. The van der Waals surface area contributed by atoms with Gasteiger partial charge in [-0.05, 0) is 12.8 Å². The van der Waals surface area contributed by atoms with E-state index in [0.717, 1.165) is 4.88 Å². The highest BCUT2D eigenvalue weighted by Crippen LogP contribution is 2.17. The lowest BCUT2D eigenvalue weighted by atomic mass is 9.96. The zero-order valence-electron chi connectivity index (χ0n) is 9.35. The predicted octanol–water partition coefficient (Wildman–Crippen LogP) is 1.88. The number of guanidine groups is 1. The smallest absolute Gasteiger partial charge is 0.189 e. The maximum Gasteiger partial charge on any atom is 0.189 e. The zero-order valence-corrected chi connectivity index (χ0v) is 10.2. The van der Waals surface area contributed by atoms with Gasteiger partial charge in [0.25, 0.3) is 0 Å². The maximum absolute atomic E-state index is 5.84. The van der Waals surface area contributed by atoms with Crippen molar-refractivity contribution in [3.8, 4) is 0 Å². The largest absolute Gasteiger partial charge is 0.370 e. The van der Waals surface area contributed by atoms with Crippen molar-refractivity contribution in [3.05, 3.63) is 16.6 Å². The maximum atomic E-state index is 5.84. The SMILES string of the molecule is NC(=NCc1cncs1)NC1CCCCC1. The highest BCUT2D eigenvalue weighted by Gasteiger charge is 2.13. The van der Waals surface area contributed by atoms with E-state index in [1.807, 2.05) is 11.7 Å². The van der Waals surface area contributed by atoms with Gasteiger partial charge < -0.3 is 11.1 Å². The molecule has 3 N–H and O–H groups in total. The molecule has 0 unspecified atom stereocenters. The van der Waals surface area contributed by atoms with E-state index < -0.39 is 0 Å². The average molecular weight is 238 g/mol. The Bertz CT molecular complexity index is 328. The third-order valence-corrected chi connectivity index (χ3v) is 3.61. The lowest BCUT2D eigenvalue weighted by molar-refractivity contribution is 0.412. The Labute approximate surface area is 100.0 Å². The van der Waals surface area contributed by atoms with Crippen molar-refractivity contribution in [2.24, 2.45) is 10.7 Å². The first-order valence-corrected chi connectivity index (χ1v) is 6.66. The van der Waals surface area contributed by atoms with Crippen molar-refractivity contribution in [1.29, 1.82) is 0 Å². The van der Waals surface area contributed by atoms with Gasteiger partial charge in [-0.3, -0.25) is 4.98 Å². The first-order chi connectivity index (χ1) is 7.84. The Morgan fingerprint density at radius 1 is 1.50 bits per heavy atom. The van der Waals surface area contributed by atoms with Gasteiger partial charge >= 0.3 is 0 Å². The van der Waals surface area contributed by atoms with Crippen LogP contribution in [0.25, 0.3) is 0 Å². The van der Waals surface area contributed by atoms with E-state index in [4.69, 9.17) is 5.73 Å². The van der Waals surface area contributed by atoms with Crippen molar-refractivity contribution in [1.82, 2.24) is 10.3 Å². The Balaban J connectivity index is 1.77. The van der Waals surface area contributed by atoms with Crippen LogP contribution in [0.3, 0.4) is 0 Å². The second-order valence-corrected chi connectivity index (χ2v) is 5.12. The molecule has 0 amide bonds. The molecule has 0 bridgehead atoms. The highest BCUT2D eigenvalue weighted by molar-refractivity contribution is 7.09. The monoisotopic (exact) mass is 238 g/mol. The summed E-state index contributed by atoms with van der Waals surface area (Å²) >= 11 is 1.61. The normalized spacial score (nSPS) is 18.6. The first kappa shape index (κ1) is 11.4. The van der Waals surface area contributed by atoms with Crippen molar-refractivity contribution < 1.29 is 0 Å². The molecule has 0 aromatic carbocycles. The Morgan fingerprint density at radius 2 is 2.31 bits per heavy atom. The van der Waals surface area contributed by atoms with Crippen LogP contribution in [0.4, 0.5) is 0 Å². The van der Waals surface area contributed by atoms with Gasteiger partial charge in [0.1, 0.15) is 0 Å². The molecular weight excluding hydrogens is 220 g/mol. The van der Waals surface area contributed by atoms with E-state index in [2.05, 4.69) is 15.3 Å². The van der Waals surface area contributed by atoms with E-state index in [1.54, 1.807) is 11.3 Å². The molecule has 4 nitrogen and oxygen atoms in total. The molecule has 1 aromatic heterocycles. The lowest BCUT2D eigenvalue weighted by Gasteiger charge is -2.23. The molecule has 0 saturated heterocycles. The molecule has 1 heterocycles. The molecule has 5 heteroatoms. The van der Waals surface area contributed by atoms with Crippen LogP contribution in [-0.4, -0.2) is 17.0 Å². The number of nitrogens with one attached hydrogen (secondary N) is 1. The minimum atomic E-state index is 0.527. The van der Waals surface area contributed by atoms with Gasteiger partial charge in [0.05, 0.1) is 12.1 Å². The number of hydrogen-bond donors (Lipinski definition) is 2. The van der Waals surface area contributed by atoms with Crippen molar-refractivity contribution in [3.63, 3.8) is 0 Å². The number of thiazole rings is 1. The predicted molar refractivity (Wildman–Crippen MR) is 67.4 cm³/mol. The van der Waals surface area contributed by atoms with Crippen LogP contribution in [0.5, 0.6) is 0 Å². The van der Waals surface area contributed by atoms with Crippen molar-refractivity contribution >= 4 is 17.3 Å². The second-order valence-electron chi connectivity index (χ2n) is 4.15. The van der Waals surface area contributed by atoms with Crippen LogP contribution in [-0.2, 0) is 6.54 Å². The number of nitrogens with two attached hydrogens (primary N) is 1. The summed E-state index contributed by atoms with van der Waals surface area (Å²) in [6.07, 6.45) is 8.24. The molecular formula is C11H18N4S. The van der Waals surface area contributed by atoms with E-state index >= 15 is 0 Å². The van der Waals surface area contributed by atoms with Gasteiger partial charge in [0, 0.05) is 17.1 Å². The summed E-state index contributed by atoms with van der Waals surface area (Å²) in [5, 5.41) is 3.29. The summed E-state index contributed by atoms with van der Waals surface area (Å²) in [5.41, 5.74) is 7.66. The summed E-state index contributed by atoms with van der Waals surface area (Å²) in [6, 6.07) is 0.527. The minimum Gasteiger partial charge on any atom is -0.370 e. The molecule has 0 aliphatic heterocycles. The van der Waals surface area contributed by atoms with E-state index in [1.165, 1.54) is 32.1 Å². The van der Waals surface area contributed by atoms with Gasteiger partial charge in [0.15, 0.2) is 5.96 Å².